The molecular weight excluding hydrogens is 538 g/mol. The molecule has 0 saturated carbocycles. The third-order valence-electron chi connectivity index (χ3n) is 7.89. The fourth-order valence-electron chi connectivity index (χ4n) is 5.54. The number of amides is 2. The van der Waals surface area contributed by atoms with Crippen LogP contribution in [-0.4, -0.2) is 40.9 Å². The topological polar surface area (TPSA) is 93.3 Å². The molecule has 9 heteroatoms. The number of carbonyl (C=O) groups is 2. The van der Waals surface area contributed by atoms with Crippen molar-refractivity contribution in [3.63, 3.8) is 0 Å². The summed E-state index contributed by atoms with van der Waals surface area (Å²) in [5, 5.41) is 18.6. The zero-order valence-electron chi connectivity index (χ0n) is 23.6. The number of benzene rings is 2. The smallest absolute Gasteiger partial charge is 0.268 e. The summed E-state index contributed by atoms with van der Waals surface area (Å²) in [7, 11) is 2.05. The predicted molar refractivity (Wildman–Crippen MR) is 161 cm³/mol. The maximum atomic E-state index is 13.8. The molecule has 2 unspecified atom stereocenters. The minimum atomic E-state index is -0.891. The highest BCUT2D eigenvalue weighted by molar-refractivity contribution is 6.31. The molecule has 41 heavy (non-hydrogen) atoms. The van der Waals surface area contributed by atoms with Crippen LogP contribution in [0.25, 0.3) is 11.1 Å². The lowest BCUT2D eigenvalue weighted by Crippen LogP contribution is -2.47. The summed E-state index contributed by atoms with van der Waals surface area (Å²) >= 11 is 6.51. The van der Waals surface area contributed by atoms with Gasteiger partial charge < -0.3 is 20.4 Å². The van der Waals surface area contributed by atoms with Crippen molar-refractivity contribution in [2.75, 3.05) is 18.9 Å². The number of hydrogen-bond donors (Lipinski definition) is 2. The number of halogens is 1. The van der Waals surface area contributed by atoms with Crippen molar-refractivity contribution in [3.05, 3.63) is 111 Å². The lowest BCUT2D eigenvalue weighted by Gasteiger charge is -2.28. The number of aryl methyl sites for hydroxylation is 1. The Morgan fingerprint density at radius 3 is 2.46 bits per heavy atom. The molecule has 0 aliphatic carbocycles. The lowest BCUT2D eigenvalue weighted by molar-refractivity contribution is -0.611. The molecule has 8 nitrogen and oxygen atoms in total. The molecule has 2 aromatic heterocycles. The van der Waals surface area contributed by atoms with Gasteiger partial charge in [0.2, 0.25) is 5.91 Å². The van der Waals surface area contributed by atoms with Crippen molar-refractivity contribution in [3.8, 4) is 11.1 Å². The molecule has 0 radical (unpaired) electrons. The van der Waals surface area contributed by atoms with E-state index in [1.807, 2.05) is 60.9 Å². The Kier molecular flexibility index (Phi) is 8.15. The average molecular weight is 572 g/mol. The highest BCUT2D eigenvalue weighted by Gasteiger charge is 2.31. The zero-order valence-corrected chi connectivity index (χ0v) is 24.4. The van der Waals surface area contributed by atoms with Crippen molar-refractivity contribution in [2.45, 2.75) is 45.8 Å². The number of anilines is 1. The molecule has 0 saturated heterocycles. The van der Waals surface area contributed by atoms with Gasteiger partial charge in [0.15, 0.2) is 11.9 Å². The van der Waals surface area contributed by atoms with Crippen LogP contribution in [0.15, 0.2) is 72.9 Å². The van der Waals surface area contributed by atoms with E-state index in [9.17, 15) is 14.8 Å². The van der Waals surface area contributed by atoms with Crippen LogP contribution < -0.4 is 15.4 Å². The van der Waals surface area contributed by atoms with Gasteiger partial charge in [-0.1, -0.05) is 48.9 Å². The highest BCUT2D eigenvalue weighted by atomic mass is 35.5. The van der Waals surface area contributed by atoms with Crippen LogP contribution in [0.4, 0.5) is 5.69 Å². The van der Waals surface area contributed by atoms with Crippen LogP contribution in [0.5, 0.6) is 0 Å². The Hall–Kier alpha value is -4.14. The van der Waals surface area contributed by atoms with Crippen LogP contribution in [0.3, 0.4) is 0 Å². The van der Waals surface area contributed by atoms with Crippen LogP contribution in [-0.2, 0) is 17.9 Å². The van der Waals surface area contributed by atoms with Gasteiger partial charge in [0.05, 0.1) is 5.56 Å². The number of hydrogen-bond acceptors (Lipinski definition) is 4. The van der Waals surface area contributed by atoms with Crippen LogP contribution >= 0.6 is 11.6 Å². The third-order valence-corrected chi connectivity index (χ3v) is 8.24. The number of rotatable bonds is 7. The van der Waals surface area contributed by atoms with E-state index in [0.717, 1.165) is 45.8 Å². The maximum Gasteiger partial charge on any atom is 0.268 e. The monoisotopic (exact) mass is 571 g/mol. The lowest BCUT2D eigenvalue weighted by atomic mass is 9.92. The second-order valence-electron chi connectivity index (χ2n) is 10.7. The summed E-state index contributed by atoms with van der Waals surface area (Å²) in [5.41, 5.74) is 6.28. The number of aromatic nitrogens is 2. The molecule has 1 aliphatic rings. The van der Waals surface area contributed by atoms with Gasteiger partial charge in [0.1, 0.15) is 11.7 Å². The van der Waals surface area contributed by atoms with Crippen LogP contribution in [0.2, 0.25) is 5.02 Å². The summed E-state index contributed by atoms with van der Waals surface area (Å²) in [6.45, 7) is 7.94. The SMILES string of the molecule is Cc1cc[n+]([O-])c(C)c1-c1ccc(NC(=O)C(NC(=O)c2ccc3n2CCN(C)C3)C(C)c2ccccc2Cl)cc1. The minimum absolute atomic E-state index is 0.309. The molecule has 212 valence electrons. The normalized spacial score (nSPS) is 14.7. The van der Waals surface area contributed by atoms with Crippen molar-refractivity contribution in [2.24, 2.45) is 0 Å². The summed E-state index contributed by atoms with van der Waals surface area (Å²) in [6, 6.07) is 19.4. The van der Waals surface area contributed by atoms with Gasteiger partial charge in [0.25, 0.3) is 5.91 Å². The second-order valence-corrected chi connectivity index (χ2v) is 11.1. The van der Waals surface area contributed by atoms with E-state index in [1.54, 1.807) is 31.2 Å². The van der Waals surface area contributed by atoms with E-state index in [-0.39, 0.29) is 11.8 Å². The van der Waals surface area contributed by atoms with Crippen molar-refractivity contribution in [1.29, 1.82) is 0 Å². The molecule has 0 spiro atoms. The molecule has 2 aromatic carbocycles. The van der Waals surface area contributed by atoms with Gasteiger partial charge in [0, 0.05) is 54.9 Å². The van der Waals surface area contributed by atoms with E-state index < -0.39 is 12.0 Å². The van der Waals surface area contributed by atoms with Gasteiger partial charge in [-0.25, -0.2) is 0 Å². The molecule has 0 fully saturated rings. The van der Waals surface area contributed by atoms with Crippen molar-refractivity contribution >= 4 is 29.1 Å². The molecule has 5 rings (SSSR count). The van der Waals surface area contributed by atoms with Crippen molar-refractivity contribution < 1.29 is 14.3 Å². The van der Waals surface area contributed by atoms with E-state index >= 15 is 0 Å². The molecule has 2 atom stereocenters. The first kappa shape index (κ1) is 28.4. The summed E-state index contributed by atoms with van der Waals surface area (Å²) in [4.78, 5) is 29.5. The molecular formula is C32H34ClN5O3. The number of pyridine rings is 1. The summed E-state index contributed by atoms with van der Waals surface area (Å²) in [6.07, 6.45) is 1.50. The third kappa shape index (κ3) is 5.85. The van der Waals surface area contributed by atoms with Gasteiger partial charge in [-0.2, -0.15) is 4.73 Å². The second kappa shape index (κ2) is 11.8. The first-order valence-electron chi connectivity index (χ1n) is 13.7. The number of carbonyl (C=O) groups excluding carboxylic acids is 2. The van der Waals surface area contributed by atoms with Gasteiger partial charge in [-0.05, 0) is 61.0 Å². The van der Waals surface area contributed by atoms with E-state index in [1.165, 1.54) is 6.20 Å². The first-order chi connectivity index (χ1) is 19.6. The molecule has 3 heterocycles. The predicted octanol–water partition coefficient (Wildman–Crippen LogP) is 5.04. The molecule has 0 bridgehead atoms. The number of likely N-dealkylation sites (N-methyl/N-ethyl adjacent to an activating group) is 1. The summed E-state index contributed by atoms with van der Waals surface area (Å²) in [5.74, 6) is -1.07. The maximum absolute atomic E-state index is 13.8. The van der Waals surface area contributed by atoms with E-state index in [4.69, 9.17) is 11.6 Å². The minimum Gasteiger partial charge on any atom is -0.618 e. The Bertz CT molecular complexity index is 1600. The Balaban J connectivity index is 1.40. The molecule has 4 aromatic rings. The van der Waals surface area contributed by atoms with E-state index in [2.05, 4.69) is 22.6 Å². The number of fused-ring (bicyclic) bond motifs is 1. The quantitative estimate of drug-likeness (QED) is 0.240. The first-order valence-corrected chi connectivity index (χ1v) is 14.0. The van der Waals surface area contributed by atoms with Crippen molar-refractivity contribution in [1.82, 2.24) is 14.8 Å². The standard InChI is InChI=1S/C32H34ClN5O3/c1-20-15-16-38(41)22(3)29(20)23-9-11-24(12-10-23)34-32(40)30(21(2)26-7-5-6-8-27(26)33)35-31(39)28-14-13-25-19-36(4)17-18-37(25)28/h5-16,21,30H,17-19H2,1-4H3,(H,34,40)(H,35,39). The molecule has 2 N–H and O–H groups in total. The largest absolute Gasteiger partial charge is 0.618 e. The van der Waals surface area contributed by atoms with Crippen LogP contribution in [0, 0.1) is 19.1 Å². The molecule has 2 amide bonds. The molecule has 1 aliphatic heterocycles. The Morgan fingerprint density at radius 1 is 1.00 bits per heavy atom. The number of nitrogens with zero attached hydrogens (tertiary/aromatic N) is 3. The fraction of sp³-hybridized carbons (Fsp3) is 0.281. The Labute approximate surface area is 245 Å². The zero-order chi connectivity index (χ0) is 29.3. The summed E-state index contributed by atoms with van der Waals surface area (Å²) < 4.78 is 2.87. The number of nitrogens with one attached hydrogen (secondary N) is 2. The highest BCUT2D eigenvalue weighted by Crippen LogP contribution is 2.29. The fourth-order valence-corrected chi connectivity index (χ4v) is 5.85. The van der Waals surface area contributed by atoms with Gasteiger partial charge in [-0.3, -0.25) is 14.5 Å². The average Bonchev–Trinajstić information content (AvgIpc) is 3.38. The van der Waals surface area contributed by atoms with Gasteiger partial charge in [-0.15, -0.1) is 0 Å². The van der Waals surface area contributed by atoms with Gasteiger partial charge >= 0.3 is 0 Å². The van der Waals surface area contributed by atoms with E-state index in [0.29, 0.717) is 28.6 Å². The van der Waals surface area contributed by atoms with Crippen LogP contribution in [0.1, 0.15) is 45.8 Å². The Morgan fingerprint density at radius 2 is 1.73 bits per heavy atom.